The van der Waals surface area contributed by atoms with Crippen LogP contribution < -0.4 is 0 Å². The maximum absolute atomic E-state index is 12.4. The molecule has 3 heteroatoms. The standard InChI is InChI=1S/C15H15O2.C5H5.Fe/c1-2-17-15(16)14-10-6-5-9-13(14)11-12-7-3-4-8-12;1-2-4-5-3-1;/h3-10H,2,11H2,1H3;1-5H;. The van der Waals surface area contributed by atoms with Crippen LogP contribution in [-0.4, -0.2) is 12.6 Å². The Kier molecular flexibility index (Phi) is 0.417. The summed E-state index contributed by atoms with van der Waals surface area (Å²) >= 11 is 0. The Morgan fingerprint density at radius 3 is 2.13 bits per heavy atom. The van der Waals surface area contributed by atoms with Gasteiger partial charge in [-0.2, -0.15) is 0 Å². The minimum absolute atomic E-state index is 0.0882. The number of benzene rings is 1. The summed E-state index contributed by atoms with van der Waals surface area (Å²) in [7, 11) is 0. The van der Waals surface area contributed by atoms with Gasteiger partial charge in [-0.3, -0.25) is 0 Å². The van der Waals surface area contributed by atoms with E-state index in [1.807, 2.05) is 19.1 Å². The summed E-state index contributed by atoms with van der Waals surface area (Å²) in [5, 5.41) is 0. The first-order valence-electron chi connectivity index (χ1n) is 9.45. The second kappa shape index (κ2) is 0.997. The van der Waals surface area contributed by atoms with Crippen molar-refractivity contribution in [3.63, 3.8) is 0 Å². The Bertz CT molecular complexity index is 1230. The van der Waals surface area contributed by atoms with Crippen molar-refractivity contribution in [1.29, 1.82) is 0 Å². The summed E-state index contributed by atoms with van der Waals surface area (Å²) in [6, 6.07) is 8.41. The average molecular weight is 348 g/mol. The zero-order valence-corrected chi connectivity index (χ0v) is 14.2. The molecule has 1 aromatic rings. The van der Waals surface area contributed by atoms with Crippen molar-refractivity contribution in [1.82, 2.24) is 0 Å². The molecule has 4 unspecified atom stereocenters. The molecule has 2 nitrogen and oxygen atoms in total. The van der Waals surface area contributed by atoms with E-state index in [4.69, 9.17) is 4.74 Å². The fraction of sp³-hybridized carbons (Fsp3) is 0.650. The number of esters is 1. The molecule has 0 saturated carbocycles. The fourth-order valence-electron chi connectivity index (χ4n) is 18.5. The molecular formula is C20H20FeO2. The number of ether oxygens (including phenoxy) is 1. The van der Waals surface area contributed by atoms with Gasteiger partial charge < -0.3 is 0 Å². The third-order valence-corrected chi connectivity index (χ3v) is 59.9. The SMILES string of the molecule is CCOC(=O)c1ccccc1C[C]12[CH]3[CH]4[CH]5[CH]1[Fe]45321678[CH]2[CH]1[CH]6[CH]7[CH]28. The molecule has 0 aliphatic carbocycles. The maximum atomic E-state index is 12.4. The summed E-state index contributed by atoms with van der Waals surface area (Å²) < 4.78 is 6.21. The van der Waals surface area contributed by atoms with Gasteiger partial charge >= 0.3 is 125 Å². The van der Waals surface area contributed by atoms with E-state index in [0.717, 1.165) is 9.88 Å². The molecule has 10 saturated heterocycles. The number of rotatable bonds is 4. The first-order valence-corrected chi connectivity index (χ1v) is 15.7. The van der Waals surface area contributed by atoms with E-state index in [1.165, 1.54) is 55.3 Å². The molecule has 10 aliphatic heterocycles. The van der Waals surface area contributed by atoms with Crippen LogP contribution in [0.15, 0.2) is 24.3 Å². The van der Waals surface area contributed by atoms with Crippen LogP contribution in [0.4, 0.5) is 0 Å². The summed E-state index contributed by atoms with van der Waals surface area (Å²) in [6.45, 7) is -0.624. The van der Waals surface area contributed by atoms with Gasteiger partial charge in [0.25, 0.3) is 0 Å². The zero-order valence-electron chi connectivity index (χ0n) is 13.1. The molecule has 10 fully saturated rings. The molecule has 11 rings (SSSR count). The van der Waals surface area contributed by atoms with Gasteiger partial charge in [0.15, 0.2) is 0 Å². The zero-order chi connectivity index (χ0) is 14.7. The monoisotopic (exact) mass is 348 g/mol. The second-order valence-corrected chi connectivity index (χ2v) is 36.1. The summed E-state index contributed by atoms with van der Waals surface area (Å²) in [5.74, 6) is -0.0882. The van der Waals surface area contributed by atoms with Crippen molar-refractivity contribution >= 4 is 5.97 Å². The van der Waals surface area contributed by atoms with Crippen molar-refractivity contribution in [2.75, 3.05) is 6.61 Å². The number of hydrogen-bond donors (Lipinski definition) is 0. The third-order valence-electron chi connectivity index (χ3n) is 17.0. The van der Waals surface area contributed by atoms with E-state index >= 15 is 0 Å². The first kappa shape index (κ1) is 9.63. The number of carbonyl (C=O) groups excluding carboxylic acids is 1. The average Bonchev–Trinajstić information content (AvgIpc) is 3.49. The summed E-state index contributed by atoms with van der Waals surface area (Å²) in [6.07, 6.45) is 1.29. The molecular weight excluding hydrogens is 328 g/mol. The van der Waals surface area contributed by atoms with E-state index in [1.54, 1.807) is 0 Å². The number of carbonyl (C=O) groups is 1. The molecule has 120 valence electrons. The first-order chi connectivity index (χ1) is 11.0. The molecule has 10 heterocycles. The Balaban J connectivity index is 1.19. The topological polar surface area (TPSA) is 26.3 Å². The molecule has 23 heavy (non-hydrogen) atoms. The Labute approximate surface area is 125 Å². The van der Waals surface area contributed by atoms with Gasteiger partial charge in [0.2, 0.25) is 0 Å². The Hall–Kier alpha value is -0.791. The van der Waals surface area contributed by atoms with Gasteiger partial charge in [0, 0.05) is 0 Å². The van der Waals surface area contributed by atoms with Gasteiger partial charge in [-0.1, -0.05) is 0 Å². The fourth-order valence-corrected chi connectivity index (χ4v) is 93.4. The van der Waals surface area contributed by atoms with Gasteiger partial charge in [0.05, 0.1) is 0 Å². The molecule has 1 aromatic carbocycles. The van der Waals surface area contributed by atoms with Crippen molar-refractivity contribution in [2.24, 2.45) is 0 Å². The van der Waals surface area contributed by atoms with E-state index in [-0.39, 0.29) is 5.97 Å². The van der Waals surface area contributed by atoms with Crippen LogP contribution in [0.5, 0.6) is 0 Å². The van der Waals surface area contributed by atoms with Crippen molar-refractivity contribution in [3.05, 3.63) is 35.4 Å². The van der Waals surface area contributed by atoms with Crippen LogP contribution >= 0.6 is 0 Å². The van der Waals surface area contributed by atoms with Gasteiger partial charge in [-0.05, 0) is 0 Å². The molecule has 10 aliphatic rings. The summed E-state index contributed by atoms with van der Waals surface area (Å²) in [4.78, 5) is 24.6. The van der Waals surface area contributed by atoms with Crippen LogP contribution in [0.25, 0.3) is 0 Å². The Morgan fingerprint density at radius 1 is 1.04 bits per heavy atom. The number of hydrogen-bond acceptors (Lipinski definition) is 2. The molecule has 1 spiro atoms. The summed E-state index contributed by atoms with van der Waals surface area (Å²) in [5.41, 5.74) is 2.23. The second-order valence-electron chi connectivity index (χ2n) is 12.4. The van der Waals surface area contributed by atoms with Gasteiger partial charge in [0.1, 0.15) is 0 Å². The van der Waals surface area contributed by atoms with Crippen LogP contribution in [0, 0.1) is 0 Å². The van der Waals surface area contributed by atoms with Gasteiger partial charge in [-0.15, -0.1) is 0 Å². The molecule has 0 aromatic heterocycles. The van der Waals surface area contributed by atoms with E-state index in [0.29, 0.717) is 6.61 Å². The minimum atomic E-state index is -3.01. The van der Waals surface area contributed by atoms with Gasteiger partial charge in [-0.25, -0.2) is 0 Å². The van der Waals surface area contributed by atoms with Crippen LogP contribution in [0.3, 0.4) is 0 Å². The quantitative estimate of drug-likeness (QED) is 0.555. The Morgan fingerprint density at radius 2 is 1.65 bits per heavy atom. The van der Waals surface area contributed by atoms with Crippen LogP contribution in [0.2, 0.25) is 47.7 Å². The van der Waals surface area contributed by atoms with E-state index < -0.39 is 6.51 Å². The predicted molar refractivity (Wildman–Crippen MR) is 82.5 cm³/mol. The van der Waals surface area contributed by atoms with Crippen molar-refractivity contribution in [3.8, 4) is 0 Å². The van der Waals surface area contributed by atoms with Crippen molar-refractivity contribution < 1.29 is 16.0 Å². The molecule has 0 amide bonds. The molecule has 0 N–H and O–H groups in total. The number of fused-ring (bicyclic) bond motifs is 10. The normalized spacial score (nSPS) is 90.7. The van der Waals surface area contributed by atoms with E-state index in [9.17, 15) is 4.79 Å². The van der Waals surface area contributed by atoms with Crippen LogP contribution in [0.1, 0.15) is 22.8 Å². The molecule has 0 bridgehead atoms. The molecule has 4 atom stereocenters. The van der Waals surface area contributed by atoms with Crippen molar-refractivity contribution in [2.45, 2.75) is 61.0 Å². The van der Waals surface area contributed by atoms with E-state index in [2.05, 4.69) is 12.1 Å². The van der Waals surface area contributed by atoms with Crippen LogP contribution in [-0.2, 0) is 17.7 Å². The third kappa shape index (κ3) is 0.141. The predicted octanol–water partition coefficient (Wildman–Crippen LogP) is 5.17. The molecule has 0 radical (unpaired) electrons.